The van der Waals surface area contributed by atoms with Crippen molar-refractivity contribution in [3.8, 4) is 5.88 Å². The summed E-state index contributed by atoms with van der Waals surface area (Å²) in [6, 6.07) is 8.37. The summed E-state index contributed by atoms with van der Waals surface area (Å²) in [6.45, 7) is 4.63. The Balaban J connectivity index is 1.41. The fourth-order valence-corrected chi connectivity index (χ4v) is 3.33. The zero-order chi connectivity index (χ0) is 17.1. The minimum absolute atomic E-state index is 0.530. The highest BCUT2D eigenvalue weighted by Gasteiger charge is 2.22. The summed E-state index contributed by atoms with van der Waals surface area (Å²) >= 11 is 0. The summed E-state index contributed by atoms with van der Waals surface area (Å²) in [7, 11) is 0. The molecule has 0 spiro atoms. The van der Waals surface area contributed by atoms with E-state index < -0.39 is 0 Å². The van der Waals surface area contributed by atoms with Crippen molar-refractivity contribution in [2.75, 3.05) is 24.6 Å². The zero-order valence-electron chi connectivity index (χ0n) is 14.3. The average molecular weight is 335 g/mol. The van der Waals surface area contributed by atoms with Gasteiger partial charge in [-0.15, -0.1) is 5.10 Å². The fraction of sp³-hybridized carbons (Fsp3) is 0.368. The Bertz CT molecular complexity index is 847. The first-order valence-corrected chi connectivity index (χ1v) is 8.67. The molecular formula is C19H21N5O. The van der Waals surface area contributed by atoms with Crippen LogP contribution in [0.15, 0.2) is 42.9 Å². The summed E-state index contributed by atoms with van der Waals surface area (Å²) in [5.41, 5.74) is 0.978. The monoisotopic (exact) mass is 335 g/mol. The number of anilines is 1. The number of aryl methyl sites for hydroxylation is 1. The Morgan fingerprint density at radius 2 is 1.88 bits per heavy atom. The molecule has 0 bridgehead atoms. The molecule has 1 aliphatic heterocycles. The number of ether oxygens (including phenoxy) is 1. The fourth-order valence-electron chi connectivity index (χ4n) is 3.33. The predicted octanol–water partition coefficient (Wildman–Crippen LogP) is 3.02. The van der Waals surface area contributed by atoms with E-state index in [0.717, 1.165) is 37.4 Å². The lowest BCUT2D eigenvalue weighted by molar-refractivity contribution is 0.215. The molecule has 0 saturated carbocycles. The second-order valence-corrected chi connectivity index (χ2v) is 6.44. The molecule has 0 radical (unpaired) electrons. The van der Waals surface area contributed by atoms with Crippen LogP contribution in [0.2, 0.25) is 0 Å². The van der Waals surface area contributed by atoms with Gasteiger partial charge in [-0.25, -0.2) is 4.98 Å². The van der Waals surface area contributed by atoms with E-state index in [1.165, 1.54) is 10.8 Å². The van der Waals surface area contributed by atoms with E-state index in [4.69, 9.17) is 4.74 Å². The first kappa shape index (κ1) is 15.7. The molecule has 0 amide bonds. The standard InChI is InChI=1S/C19H21N5O/c1-14-16-4-2-3-5-17(16)19(23-22-14)24-10-6-15(7-11-24)13-25-18-12-20-8-9-21-18/h2-5,8-9,12,15H,6-7,10-11,13H2,1H3. The van der Waals surface area contributed by atoms with Gasteiger partial charge in [0.15, 0.2) is 5.82 Å². The molecule has 0 aliphatic carbocycles. The molecule has 1 fully saturated rings. The molecule has 6 nitrogen and oxygen atoms in total. The lowest BCUT2D eigenvalue weighted by Crippen LogP contribution is -2.36. The summed E-state index contributed by atoms with van der Waals surface area (Å²) < 4.78 is 5.75. The second-order valence-electron chi connectivity index (χ2n) is 6.44. The van der Waals surface area contributed by atoms with E-state index in [-0.39, 0.29) is 0 Å². The Labute approximate surface area is 146 Å². The van der Waals surface area contributed by atoms with Gasteiger partial charge in [0.2, 0.25) is 5.88 Å². The minimum Gasteiger partial charge on any atom is -0.476 e. The lowest BCUT2D eigenvalue weighted by atomic mass is 9.97. The normalized spacial score (nSPS) is 15.5. The molecule has 3 heterocycles. The topological polar surface area (TPSA) is 64.0 Å². The highest BCUT2D eigenvalue weighted by molar-refractivity contribution is 5.93. The Hall–Kier alpha value is -2.76. The molecular weight excluding hydrogens is 314 g/mol. The van der Waals surface area contributed by atoms with E-state index in [9.17, 15) is 0 Å². The van der Waals surface area contributed by atoms with Gasteiger partial charge in [0.25, 0.3) is 0 Å². The number of piperidine rings is 1. The Morgan fingerprint density at radius 1 is 1.08 bits per heavy atom. The van der Waals surface area contributed by atoms with Crippen LogP contribution < -0.4 is 9.64 Å². The van der Waals surface area contributed by atoms with E-state index in [1.807, 2.05) is 6.92 Å². The van der Waals surface area contributed by atoms with Crippen LogP contribution >= 0.6 is 0 Å². The van der Waals surface area contributed by atoms with E-state index in [0.29, 0.717) is 18.4 Å². The SMILES string of the molecule is Cc1nnc(N2CCC(COc3cnccn3)CC2)c2ccccc12. The Kier molecular flexibility index (Phi) is 4.41. The molecule has 1 aliphatic rings. The van der Waals surface area contributed by atoms with Crippen LogP contribution in [0, 0.1) is 12.8 Å². The first-order valence-electron chi connectivity index (χ1n) is 8.67. The van der Waals surface area contributed by atoms with Crippen molar-refractivity contribution in [3.63, 3.8) is 0 Å². The third-order valence-corrected chi connectivity index (χ3v) is 4.77. The number of hydrogen-bond acceptors (Lipinski definition) is 6. The molecule has 3 aromatic rings. The molecule has 0 unspecified atom stereocenters. The van der Waals surface area contributed by atoms with Crippen molar-refractivity contribution in [3.05, 3.63) is 48.5 Å². The van der Waals surface area contributed by atoms with Crippen molar-refractivity contribution < 1.29 is 4.74 Å². The number of aromatic nitrogens is 4. The maximum atomic E-state index is 5.75. The third kappa shape index (κ3) is 3.38. The smallest absolute Gasteiger partial charge is 0.232 e. The summed E-state index contributed by atoms with van der Waals surface area (Å²) in [5, 5.41) is 11.2. The molecule has 4 rings (SSSR count). The summed E-state index contributed by atoms with van der Waals surface area (Å²) in [4.78, 5) is 10.5. The number of hydrogen-bond donors (Lipinski definition) is 0. The van der Waals surface area contributed by atoms with Crippen LogP contribution in [0.1, 0.15) is 18.5 Å². The van der Waals surface area contributed by atoms with Crippen molar-refractivity contribution in [1.29, 1.82) is 0 Å². The average Bonchev–Trinajstić information content (AvgIpc) is 2.68. The number of fused-ring (bicyclic) bond motifs is 1. The van der Waals surface area contributed by atoms with Crippen LogP contribution in [-0.4, -0.2) is 39.9 Å². The van der Waals surface area contributed by atoms with E-state index in [2.05, 4.69) is 49.3 Å². The van der Waals surface area contributed by atoms with Gasteiger partial charge in [0.1, 0.15) is 0 Å². The highest BCUT2D eigenvalue weighted by Crippen LogP contribution is 2.29. The van der Waals surface area contributed by atoms with Gasteiger partial charge in [-0.1, -0.05) is 24.3 Å². The van der Waals surface area contributed by atoms with E-state index in [1.54, 1.807) is 18.6 Å². The molecule has 128 valence electrons. The van der Waals surface area contributed by atoms with Gasteiger partial charge in [-0.05, 0) is 25.7 Å². The predicted molar refractivity (Wildman–Crippen MR) is 96.7 cm³/mol. The van der Waals surface area contributed by atoms with Gasteiger partial charge in [0.05, 0.1) is 18.5 Å². The number of benzene rings is 1. The second kappa shape index (κ2) is 7.01. The zero-order valence-corrected chi connectivity index (χ0v) is 14.3. The molecule has 1 aromatic carbocycles. The largest absolute Gasteiger partial charge is 0.476 e. The van der Waals surface area contributed by atoms with Crippen LogP contribution in [-0.2, 0) is 0 Å². The molecule has 6 heteroatoms. The number of rotatable bonds is 4. The van der Waals surface area contributed by atoms with Crippen molar-refractivity contribution in [2.24, 2.45) is 5.92 Å². The molecule has 1 saturated heterocycles. The van der Waals surface area contributed by atoms with Gasteiger partial charge in [0, 0.05) is 36.3 Å². The molecule has 25 heavy (non-hydrogen) atoms. The third-order valence-electron chi connectivity index (χ3n) is 4.77. The minimum atomic E-state index is 0.530. The maximum absolute atomic E-state index is 5.75. The van der Waals surface area contributed by atoms with Crippen molar-refractivity contribution >= 4 is 16.6 Å². The van der Waals surface area contributed by atoms with E-state index >= 15 is 0 Å². The van der Waals surface area contributed by atoms with Gasteiger partial charge in [-0.3, -0.25) is 4.98 Å². The molecule has 0 atom stereocenters. The summed E-state index contributed by atoms with van der Waals surface area (Å²) in [5.74, 6) is 2.12. The van der Waals surface area contributed by atoms with Crippen LogP contribution in [0.5, 0.6) is 5.88 Å². The first-order chi connectivity index (χ1) is 12.3. The highest BCUT2D eigenvalue weighted by atomic mass is 16.5. The molecule has 0 N–H and O–H groups in total. The summed E-state index contributed by atoms with van der Waals surface area (Å²) in [6.07, 6.45) is 7.11. The Morgan fingerprint density at radius 3 is 2.64 bits per heavy atom. The number of nitrogens with zero attached hydrogens (tertiary/aromatic N) is 5. The van der Waals surface area contributed by atoms with Gasteiger partial charge < -0.3 is 9.64 Å². The van der Waals surface area contributed by atoms with Crippen LogP contribution in [0.3, 0.4) is 0 Å². The van der Waals surface area contributed by atoms with Crippen LogP contribution in [0.4, 0.5) is 5.82 Å². The van der Waals surface area contributed by atoms with Gasteiger partial charge in [-0.2, -0.15) is 5.10 Å². The van der Waals surface area contributed by atoms with Crippen molar-refractivity contribution in [1.82, 2.24) is 20.2 Å². The maximum Gasteiger partial charge on any atom is 0.232 e. The van der Waals surface area contributed by atoms with Crippen LogP contribution in [0.25, 0.3) is 10.8 Å². The van der Waals surface area contributed by atoms with Crippen molar-refractivity contribution in [2.45, 2.75) is 19.8 Å². The lowest BCUT2D eigenvalue weighted by Gasteiger charge is -2.33. The van der Waals surface area contributed by atoms with Gasteiger partial charge >= 0.3 is 0 Å². The quantitative estimate of drug-likeness (QED) is 0.730. The molecule has 2 aromatic heterocycles.